The van der Waals surface area contributed by atoms with Crippen molar-refractivity contribution >= 4 is 43.2 Å². The average molecular weight is 495 g/mol. The Morgan fingerprint density at radius 2 is 1.66 bits per heavy atom. The first-order valence-electron chi connectivity index (χ1n) is 10.5. The maximum Gasteiger partial charge on any atom is 0.252 e. The smallest absolute Gasteiger partial charge is 0.252 e. The van der Waals surface area contributed by atoms with Crippen molar-refractivity contribution in [2.45, 2.75) is 23.5 Å². The van der Waals surface area contributed by atoms with Gasteiger partial charge in [-0.25, -0.2) is 16.8 Å². The Morgan fingerprint density at radius 1 is 0.969 bits per heavy atom. The topological polar surface area (TPSA) is 91.8 Å². The van der Waals surface area contributed by atoms with E-state index in [1.807, 2.05) is 18.2 Å². The lowest BCUT2D eigenvalue weighted by Crippen LogP contribution is -2.44. The molecule has 10 heteroatoms. The largest absolute Gasteiger partial charge is 0.341 e. The first-order valence-corrected chi connectivity index (χ1v) is 14.5. The lowest BCUT2D eigenvalue weighted by molar-refractivity contribution is -0.127. The number of carbonyl (C=O) groups is 1. The van der Waals surface area contributed by atoms with Crippen molar-refractivity contribution < 1.29 is 21.6 Å². The van der Waals surface area contributed by atoms with Gasteiger partial charge in [0, 0.05) is 31.6 Å². The molecule has 1 spiro atoms. The Morgan fingerprint density at radius 3 is 2.31 bits per heavy atom. The molecule has 172 valence electrons. The van der Waals surface area contributed by atoms with Gasteiger partial charge in [-0.3, -0.25) is 4.79 Å². The van der Waals surface area contributed by atoms with Crippen LogP contribution in [-0.2, 0) is 24.7 Å². The summed E-state index contributed by atoms with van der Waals surface area (Å²) >= 11 is 1.21. The number of likely N-dealkylation sites (tertiary alicyclic amines) is 1. The molecule has 0 saturated carbocycles. The van der Waals surface area contributed by atoms with Gasteiger partial charge >= 0.3 is 0 Å². The molecule has 2 aliphatic heterocycles. The normalized spacial score (nSPS) is 19.7. The number of thiophene rings is 1. The highest BCUT2D eigenvalue weighted by Crippen LogP contribution is 2.41. The second-order valence-corrected chi connectivity index (χ2v) is 13.4. The number of amides is 1. The van der Waals surface area contributed by atoms with Crippen LogP contribution in [0.3, 0.4) is 0 Å². The zero-order valence-electron chi connectivity index (χ0n) is 17.6. The molecule has 0 aliphatic carbocycles. The summed E-state index contributed by atoms with van der Waals surface area (Å²) in [5.74, 6) is -0.945. The number of sulfone groups is 1. The SMILES string of the molecule is O=C(CS(=O)(=O)/C=C/c1ccccc1)N1CCC2(CCN(S(=O)(=O)c3cccs3)CC2)C1. The van der Waals surface area contributed by atoms with E-state index in [0.29, 0.717) is 43.2 Å². The van der Waals surface area contributed by atoms with Crippen molar-refractivity contribution in [2.75, 3.05) is 31.9 Å². The summed E-state index contributed by atoms with van der Waals surface area (Å²) < 4.78 is 52.2. The highest BCUT2D eigenvalue weighted by atomic mass is 32.2. The van der Waals surface area contributed by atoms with Crippen molar-refractivity contribution in [1.82, 2.24) is 9.21 Å². The molecule has 0 atom stereocenters. The van der Waals surface area contributed by atoms with E-state index >= 15 is 0 Å². The average Bonchev–Trinajstić information content (AvgIpc) is 3.45. The van der Waals surface area contributed by atoms with Gasteiger partial charge in [-0.2, -0.15) is 4.31 Å². The fourth-order valence-electron chi connectivity index (χ4n) is 4.35. The van der Waals surface area contributed by atoms with Crippen LogP contribution < -0.4 is 0 Å². The van der Waals surface area contributed by atoms with E-state index in [4.69, 9.17) is 0 Å². The minimum absolute atomic E-state index is 0.138. The lowest BCUT2D eigenvalue weighted by atomic mass is 9.78. The number of nitrogens with zero attached hydrogens (tertiary/aromatic N) is 2. The molecule has 2 fully saturated rings. The highest BCUT2D eigenvalue weighted by molar-refractivity contribution is 7.95. The molecule has 32 heavy (non-hydrogen) atoms. The summed E-state index contributed by atoms with van der Waals surface area (Å²) in [5.41, 5.74) is 0.619. The number of hydrogen-bond donors (Lipinski definition) is 0. The number of rotatable bonds is 6. The van der Waals surface area contributed by atoms with Gasteiger partial charge < -0.3 is 4.90 Å². The minimum atomic E-state index is -3.67. The summed E-state index contributed by atoms with van der Waals surface area (Å²) in [6, 6.07) is 12.4. The predicted molar refractivity (Wildman–Crippen MR) is 125 cm³/mol. The van der Waals surface area contributed by atoms with E-state index in [0.717, 1.165) is 17.4 Å². The lowest BCUT2D eigenvalue weighted by Gasteiger charge is -2.38. The second kappa shape index (κ2) is 9.09. The van der Waals surface area contributed by atoms with Gasteiger partial charge in [0.05, 0.1) is 0 Å². The van der Waals surface area contributed by atoms with Gasteiger partial charge in [0.2, 0.25) is 5.91 Å². The summed E-state index contributed by atoms with van der Waals surface area (Å²) in [4.78, 5) is 14.3. The van der Waals surface area contributed by atoms with Crippen LogP contribution in [0.2, 0.25) is 0 Å². The van der Waals surface area contributed by atoms with Gasteiger partial charge in [-0.15, -0.1) is 11.3 Å². The van der Waals surface area contributed by atoms with Crippen molar-refractivity contribution in [3.8, 4) is 0 Å². The Kier molecular flexibility index (Phi) is 6.58. The van der Waals surface area contributed by atoms with Crippen LogP contribution in [0.4, 0.5) is 0 Å². The highest BCUT2D eigenvalue weighted by Gasteiger charge is 2.44. The van der Waals surface area contributed by atoms with Crippen LogP contribution in [0.25, 0.3) is 6.08 Å². The number of hydrogen-bond acceptors (Lipinski definition) is 6. The molecule has 2 saturated heterocycles. The standard InChI is InChI=1S/C22H26N2O5S3/c25-20(17-31(26,27)16-8-19-5-2-1-3-6-19)23-12-9-22(18-23)10-13-24(14-11-22)32(28,29)21-7-4-15-30-21/h1-8,15-16H,9-14,17-18H2/b16-8+. The van der Waals surface area contributed by atoms with E-state index in [2.05, 4.69) is 0 Å². The molecule has 0 unspecified atom stereocenters. The van der Waals surface area contributed by atoms with Crippen LogP contribution in [0.5, 0.6) is 0 Å². The van der Waals surface area contributed by atoms with Crippen LogP contribution in [0.15, 0.2) is 57.5 Å². The van der Waals surface area contributed by atoms with Crippen LogP contribution in [-0.4, -0.2) is 63.9 Å². The molecule has 3 heterocycles. The fourth-order valence-corrected chi connectivity index (χ4v) is 7.93. The summed E-state index contributed by atoms with van der Waals surface area (Å²) in [6.07, 6.45) is 3.60. The van der Waals surface area contributed by atoms with E-state index in [1.165, 1.54) is 21.7 Å². The molecule has 1 aromatic heterocycles. The number of piperidine rings is 1. The molecule has 0 radical (unpaired) electrons. The molecule has 2 aromatic rings. The number of carbonyl (C=O) groups excluding carboxylic acids is 1. The molecule has 2 aliphatic rings. The molecule has 1 amide bonds. The van der Waals surface area contributed by atoms with Gasteiger partial charge in [-0.05, 0) is 47.8 Å². The first-order chi connectivity index (χ1) is 15.2. The van der Waals surface area contributed by atoms with Gasteiger partial charge in [0.15, 0.2) is 9.84 Å². The summed E-state index contributed by atoms with van der Waals surface area (Å²) in [6.45, 7) is 1.83. The van der Waals surface area contributed by atoms with E-state index in [9.17, 15) is 21.6 Å². The quantitative estimate of drug-likeness (QED) is 0.616. The Bertz CT molecular complexity index is 1180. The summed E-state index contributed by atoms with van der Waals surface area (Å²) in [5, 5.41) is 2.85. The molecular formula is C22H26N2O5S3. The zero-order chi connectivity index (χ0) is 22.8. The van der Waals surface area contributed by atoms with E-state index in [1.54, 1.807) is 34.5 Å². The Hall–Kier alpha value is -2.01. The van der Waals surface area contributed by atoms with Crippen molar-refractivity contribution in [3.05, 3.63) is 58.8 Å². The first kappa shape index (κ1) is 23.2. The maximum absolute atomic E-state index is 12.7. The molecule has 1 aromatic carbocycles. The minimum Gasteiger partial charge on any atom is -0.341 e. The van der Waals surface area contributed by atoms with Crippen molar-refractivity contribution in [1.29, 1.82) is 0 Å². The van der Waals surface area contributed by atoms with Crippen molar-refractivity contribution in [2.24, 2.45) is 5.41 Å². The summed E-state index contributed by atoms with van der Waals surface area (Å²) in [7, 11) is -7.13. The van der Waals surface area contributed by atoms with Crippen LogP contribution in [0.1, 0.15) is 24.8 Å². The predicted octanol–water partition coefficient (Wildman–Crippen LogP) is 2.84. The third-order valence-corrected chi connectivity index (χ3v) is 10.7. The maximum atomic E-state index is 12.7. The molecule has 7 nitrogen and oxygen atoms in total. The van der Waals surface area contributed by atoms with E-state index in [-0.39, 0.29) is 5.41 Å². The molecule has 4 rings (SSSR count). The van der Waals surface area contributed by atoms with Crippen molar-refractivity contribution in [3.63, 3.8) is 0 Å². The van der Waals surface area contributed by atoms with Gasteiger partial charge in [-0.1, -0.05) is 36.4 Å². The van der Waals surface area contributed by atoms with E-state index < -0.39 is 31.5 Å². The Balaban J connectivity index is 1.33. The van der Waals surface area contributed by atoms with Gasteiger partial charge in [0.1, 0.15) is 9.96 Å². The molecular weight excluding hydrogens is 468 g/mol. The fraction of sp³-hybridized carbons (Fsp3) is 0.409. The monoisotopic (exact) mass is 494 g/mol. The van der Waals surface area contributed by atoms with Crippen LogP contribution >= 0.6 is 11.3 Å². The number of sulfonamides is 1. The molecule has 0 bridgehead atoms. The second-order valence-electron chi connectivity index (χ2n) is 8.42. The zero-order valence-corrected chi connectivity index (χ0v) is 20.0. The number of benzene rings is 1. The molecule has 0 N–H and O–H groups in total. The van der Waals surface area contributed by atoms with Crippen LogP contribution in [0, 0.1) is 5.41 Å². The Labute approximate surface area is 193 Å². The third-order valence-electron chi connectivity index (χ3n) is 6.26. The third kappa shape index (κ3) is 5.14. The van der Waals surface area contributed by atoms with Gasteiger partial charge in [0.25, 0.3) is 10.0 Å².